The van der Waals surface area contributed by atoms with Crippen LogP contribution >= 0.6 is 0 Å². The first-order chi connectivity index (χ1) is 23.2. The van der Waals surface area contributed by atoms with Crippen molar-refractivity contribution in [3.63, 3.8) is 0 Å². The van der Waals surface area contributed by atoms with Crippen LogP contribution in [-0.2, 0) is 38.5 Å². The zero-order valence-corrected chi connectivity index (χ0v) is 26.9. The smallest absolute Gasteiger partial charge is 0.339 e. The molecule has 4 aromatic carbocycles. The van der Waals surface area contributed by atoms with Gasteiger partial charge in [0.25, 0.3) is 5.56 Å². The quantitative estimate of drug-likeness (QED) is 0.170. The third-order valence-corrected chi connectivity index (χ3v) is 8.18. The second-order valence-corrected chi connectivity index (χ2v) is 11.5. The molecule has 0 aliphatic carbocycles. The number of methoxy groups -OCH3 is 2. The van der Waals surface area contributed by atoms with E-state index in [1.165, 1.54) is 11.7 Å². The number of nitrogens with one attached hydrogen (secondary N) is 2. The number of hydrogen-bond donors (Lipinski definition) is 3. The molecule has 5 rings (SSSR count). The van der Waals surface area contributed by atoms with E-state index in [-0.39, 0.29) is 36.5 Å². The van der Waals surface area contributed by atoms with Crippen LogP contribution in [0.5, 0.6) is 5.75 Å². The van der Waals surface area contributed by atoms with Gasteiger partial charge in [-0.25, -0.2) is 4.79 Å². The molecular weight excluding hydrogens is 610 g/mol. The molecule has 10 nitrogen and oxygen atoms in total. The minimum Gasteiger partial charge on any atom is -0.497 e. The number of aliphatic hydroxyl groups is 1. The van der Waals surface area contributed by atoms with E-state index >= 15 is 0 Å². The Morgan fingerprint density at radius 3 is 2.25 bits per heavy atom. The number of hydrogen-bond acceptors (Lipinski definition) is 7. The molecule has 10 heteroatoms. The number of anilines is 1. The molecule has 0 fully saturated rings. The maximum absolute atomic E-state index is 13.9. The molecule has 1 heterocycles. The van der Waals surface area contributed by atoms with Crippen LogP contribution in [0.3, 0.4) is 0 Å². The van der Waals surface area contributed by atoms with E-state index in [0.29, 0.717) is 22.4 Å². The van der Waals surface area contributed by atoms with Gasteiger partial charge in [-0.1, -0.05) is 78.9 Å². The van der Waals surface area contributed by atoms with Crippen molar-refractivity contribution in [3.05, 3.63) is 141 Å². The minimum absolute atomic E-state index is 0.0361. The molecule has 0 radical (unpaired) electrons. The van der Waals surface area contributed by atoms with Gasteiger partial charge in [0.2, 0.25) is 11.8 Å². The first-order valence-corrected chi connectivity index (χ1v) is 15.4. The average Bonchev–Trinajstić information content (AvgIpc) is 3.11. The number of nitrogens with zero attached hydrogens (tertiary/aromatic N) is 1. The average molecular weight is 648 g/mol. The van der Waals surface area contributed by atoms with Crippen LogP contribution in [0.4, 0.5) is 5.69 Å². The van der Waals surface area contributed by atoms with Crippen molar-refractivity contribution in [2.24, 2.45) is 0 Å². The highest BCUT2D eigenvalue weighted by Crippen LogP contribution is 2.20. The second-order valence-electron chi connectivity index (χ2n) is 11.5. The topological polar surface area (TPSA) is 136 Å². The summed E-state index contributed by atoms with van der Waals surface area (Å²) < 4.78 is 11.3. The number of aromatic nitrogens is 1. The Hall–Kier alpha value is -5.74. The number of benzene rings is 4. The Balaban J connectivity index is 1.39. The van der Waals surface area contributed by atoms with Crippen LogP contribution in [-0.4, -0.2) is 47.7 Å². The largest absolute Gasteiger partial charge is 0.497 e. The van der Waals surface area contributed by atoms with Crippen LogP contribution < -0.4 is 20.9 Å². The number of aliphatic hydroxyl groups excluding tert-OH is 1. The van der Waals surface area contributed by atoms with E-state index in [1.54, 1.807) is 50.6 Å². The first-order valence-electron chi connectivity index (χ1n) is 15.4. The SMILES string of the molecule is COC(=O)C(O)c1ccc(CC(NC(=O)Cc2cccc3ccccc23)C(=O)Nc2c(C)ccn(Cc3ccc(OC)cc3)c2=O)cc1. The molecule has 3 N–H and O–H groups in total. The van der Waals surface area contributed by atoms with Crippen molar-refractivity contribution in [2.45, 2.75) is 38.5 Å². The van der Waals surface area contributed by atoms with Crippen molar-refractivity contribution < 1.29 is 29.0 Å². The van der Waals surface area contributed by atoms with E-state index in [1.807, 2.05) is 66.7 Å². The van der Waals surface area contributed by atoms with E-state index in [2.05, 4.69) is 15.4 Å². The Bertz CT molecular complexity index is 1980. The summed E-state index contributed by atoms with van der Waals surface area (Å²) in [7, 11) is 2.77. The van der Waals surface area contributed by atoms with E-state index in [4.69, 9.17) is 4.74 Å². The summed E-state index contributed by atoms with van der Waals surface area (Å²) in [5, 5.41) is 17.8. The summed E-state index contributed by atoms with van der Waals surface area (Å²) in [5.74, 6) is -1.03. The fourth-order valence-electron chi connectivity index (χ4n) is 5.47. The molecule has 0 aliphatic heterocycles. The van der Waals surface area contributed by atoms with Crippen LogP contribution in [0.2, 0.25) is 0 Å². The van der Waals surface area contributed by atoms with Gasteiger partial charge in [0, 0.05) is 12.6 Å². The van der Waals surface area contributed by atoms with Gasteiger partial charge in [-0.15, -0.1) is 0 Å². The lowest BCUT2D eigenvalue weighted by Gasteiger charge is -2.20. The second kappa shape index (κ2) is 15.2. The number of ether oxygens (including phenoxy) is 2. The minimum atomic E-state index is -1.45. The predicted octanol–water partition coefficient (Wildman–Crippen LogP) is 4.48. The summed E-state index contributed by atoms with van der Waals surface area (Å²) in [6, 6.07) is 28.0. The van der Waals surface area contributed by atoms with E-state index in [0.717, 1.165) is 21.9 Å². The molecule has 0 spiro atoms. The molecule has 0 bridgehead atoms. The third kappa shape index (κ3) is 7.97. The lowest BCUT2D eigenvalue weighted by molar-refractivity contribution is -0.150. The van der Waals surface area contributed by atoms with Gasteiger partial charge in [0.1, 0.15) is 17.5 Å². The van der Waals surface area contributed by atoms with Gasteiger partial charge in [-0.3, -0.25) is 14.4 Å². The first kappa shape index (κ1) is 33.6. The zero-order chi connectivity index (χ0) is 34.2. The number of esters is 1. The van der Waals surface area contributed by atoms with Crippen molar-refractivity contribution in [3.8, 4) is 5.75 Å². The molecule has 1 aromatic heterocycles. The number of carbonyl (C=O) groups is 3. The molecule has 48 heavy (non-hydrogen) atoms. The normalized spacial score (nSPS) is 12.2. The molecule has 5 aromatic rings. The van der Waals surface area contributed by atoms with Gasteiger partial charge in [0.05, 0.1) is 27.2 Å². The van der Waals surface area contributed by atoms with E-state index < -0.39 is 24.0 Å². The Morgan fingerprint density at radius 1 is 0.854 bits per heavy atom. The molecule has 246 valence electrons. The summed E-state index contributed by atoms with van der Waals surface area (Å²) in [6.45, 7) is 2.01. The van der Waals surface area contributed by atoms with Gasteiger partial charge in [-0.05, 0) is 63.7 Å². The molecule has 0 saturated carbocycles. The summed E-state index contributed by atoms with van der Waals surface area (Å²) in [5.41, 5.74) is 2.96. The predicted molar refractivity (Wildman–Crippen MR) is 183 cm³/mol. The summed E-state index contributed by atoms with van der Waals surface area (Å²) in [6.07, 6.45) is 0.331. The van der Waals surface area contributed by atoms with Gasteiger partial charge >= 0.3 is 5.97 Å². The lowest BCUT2D eigenvalue weighted by atomic mass is 10.00. The van der Waals surface area contributed by atoms with Crippen LogP contribution in [0.25, 0.3) is 10.8 Å². The van der Waals surface area contributed by atoms with E-state index in [9.17, 15) is 24.3 Å². The number of amides is 2. The number of carbonyl (C=O) groups excluding carboxylic acids is 3. The Labute approximate surface area is 277 Å². The number of fused-ring (bicyclic) bond motifs is 1. The molecule has 2 atom stereocenters. The molecule has 2 unspecified atom stereocenters. The molecular formula is C38H37N3O7. The van der Waals surface area contributed by atoms with Crippen molar-refractivity contribution in [1.29, 1.82) is 0 Å². The van der Waals surface area contributed by atoms with Crippen molar-refractivity contribution in [2.75, 3.05) is 19.5 Å². The molecule has 0 saturated heterocycles. The maximum atomic E-state index is 13.9. The fraction of sp³-hybridized carbons (Fsp3) is 0.211. The molecule has 0 aliphatic rings. The highest BCUT2D eigenvalue weighted by atomic mass is 16.5. The van der Waals surface area contributed by atoms with Gasteiger partial charge < -0.3 is 29.8 Å². The van der Waals surface area contributed by atoms with Crippen molar-refractivity contribution >= 4 is 34.2 Å². The Morgan fingerprint density at radius 2 is 1.54 bits per heavy atom. The zero-order valence-electron chi connectivity index (χ0n) is 26.9. The van der Waals surface area contributed by atoms with Crippen LogP contribution in [0.1, 0.15) is 33.9 Å². The number of aryl methyl sites for hydroxylation is 1. The highest BCUT2D eigenvalue weighted by molar-refractivity contribution is 5.98. The standard InChI is InChI=1S/C38H37N3O7/c1-24-19-20-41(23-26-13-17-30(47-2)18-14-26)37(45)34(24)40-36(44)32(21-25-11-15-28(16-12-25)35(43)38(46)48-3)39-33(42)22-29-9-6-8-27-7-4-5-10-31(27)29/h4-20,32,35,43H,21-23H2,1-3H3,(H,39,42)(H,40,44). The Kier molecular flexibility index (Phi) is 10.7. The van der Waals surface area contributed by atoms with Gasteiger partial charge in [-0.2, -0.15) is 0 Å². The number of rotatable bonds is 12. The number of pyridine rings is 1. The third-order valence-electron chi connectivity index (χ3n) is 8.18. The maximum Gasteiger partial charge on any atom is 0.339 e. The monoisotopic (exact) mass is 647 g/mol. The summed E-state index contributed by atoms with van der Waals surface area (Å²) >= 11 is 0. The van der Waals surface area contributed by atoms with Crippen LogP contribution in [0.15, 0.2) is 108 Å². The fourth-order valence-corrected chi connectivity index (χ4v) is 5.47. The summed E-state index contributed by atoms with van der Waals surface area (Å²) in [4.78, 5) is 52.7. The van der Waals surface area contributed by atoms with Crippen LogP contribution in [0, 0.1) is 6.92 Å². The highest BCUT2D eigenvalue weighted by Gasteiger charge is 2.25. The van der Waals surface area contributed by atoms with Gasteiger partial charge in [0.15, 0.2) is 6.10 Å². The van der Waals surface area contributed by atoms with Crippen molar-refractivity contribution in [1.82, 2.24) is 9.88 Å². The molecule has 2 amide bonds. The lowest BCUT2D eigenvalue weighted by Crippen LogP contribution is -2.46.